The van der Waals surface area contributed by atoms with E-state index in [0.717, 1.165) is 12.1 Å². The minimum atomic E-state index is -4.54. The van der Waals surface area contributed by atoms with Gasteiger partial charge >= 0.3 is 6.18 Å². The van der Waals surface area contributed by atoms with Gasteiger partial charge in [0, 0.05) is 18.8 Å². The second-order valence-electron chi connectivity index (χ2n) is 8.07. The van der Waals surface area contributed by atoms with Gasteiger partial charge in [-0.1, -0.05) is 6.07 Å². The van der Waals surface area contributed by atoms with Crippen LogP contribution in [0.4, 0.5) is 23.4 Å². The Morgan fingerprint density at radius 3 is 2.73 bits per heavy atom. The van der Waals surface area contributed by atoms with Crippen LogP contribution in [-0.4, -0.2) is 37.2 Å². The lowest BCUT2D eigenvalue weighted by atomic mass is 10.1. The van der Waals surface area contributed by atoms with Crippen molar-refractivity contribution in [3.8, 4) is 0 Å². The van der Waals surface area contributed by atoms with Crippen molar-refractivity contribution < 1.29 is 22.4 Å². The number of halogens is 4. The van der Waals surface area contributed by atoms with Gasteiger partial charge in [-0.25, -0.2) is 19.3 Å². The average molecular weight is 458 g/mol. The lowest BCUT2D eigenvalue weighted by Crippen LogP contribution is -2.31. The number of nitrogens with two attached hydrogens (primary N) is 1. The van der Waals surface area contributed by atoms with Gasteiger partial charge in [0.25, 0.3) is 5.91 Å². The number of carbonyl (C=O) groups excluding carboxylic acids is 1. The number of aromatic nitrogens is 4. The standard InChI is InChI=1S/C22H18F4N6O/c1-10-19-20(27)30-15-8-13(23)12(7-17(15)32(19)9-28-10)21(33)31(2)16-5-4-14-11(16)3-6-18(29-14)22(24,25)26/h3,6-9,16H,4-5H2,1-2H3,(H2,27,30). The fourth-order valence-corrected chi connectivity index (χ4v) is 4.45. The van der Waals surface area contributed by atoms with Gasteiger partial charge in [0.2, 0.25) is 0 Å². The summed E-state index contributed by atoms with van der Waals surface area (Å²) >= 11 is 0. The van der Waals surface area contributed by atoms with Crippen LogP contribution < -0.4 is 5.73 Å². The zero-order valence-electron chi connectivity index (χ0n) is 17.6. The molecule has 1 amide bonds. The summed E-state index contributed by atoms with van der Waals surface area (Å²) < 4.78 is 55.5. The molecule has 5 rings (SSSR count). The number of rotatable bonds is 2. The molecule has 0 aliphatic heterocycles. The third-order valence-electron chi connectivity index (χ3n) is 6.09. The van der Waals surface area contributed by atoms with E-state index in [-0.39, 0.29) is 16.9 Å². The van der Waals surface area contributed by atoms with Crippen molar-refractivity contribution >= 4 is 28.3 Å². The molecule has 1 unspecified atom stereocenters. The van der Waals surface area contributed by atoms with E-state index in [0.29, 0.717) is 40.8 Å². The van der Waals surface area contributed by atoms with E-state index < -0.39 is 29.6 Å². The normalized spacial score (nSPS) is 15.9. The van der Waals surface area contributed by atoms with Crippen molar-refractivity contribution in [1.82, 2.24) is 24.3 Å². The molecule has 2 N–H and O–H groups in total. The first-order valence-electron chi connectivity index (χ1n) is 10.1. The van der Waals surface area contributed by atoms with E-state index in [1.807, 2.05) is 0 Å². The minimum Gasteiger partial charge on any atom is -0.382 e. The quantitative estimate of drug-likeness (QED) is 0.457. The number of anilines is 1. The van der Waals surface area contributed by atoms with Gasteiger partial charge in [-0.05, 0) is 37.5 Å². The molecular weight excluding hydrogens is 440 g/mol. The molecule has 0 spiro atoms. The maximum absolute atomic E-state index is 14.9. The maximum atomic E-state index is 14.9. The van der Waals surface area contributed by atoms with Gasteiger partial charge in [-0.15, -0.1) is 0 Å². The molecule has 0 fully saturated rings. The molecule has 1 aliphatic carbocycles. The summed E-state index contributed by atoms with van der Waals surface area (Å²) in [6, 6.07) is 4.26. The predicted octanol–water partition coefficient (Wildman–Crippen LogP) is 4.09. The first kappa shape index (κ1) is 21.1. The predicted molar refractivity (Wildman–Crippen MR) is 112 cm³/mol. The third-order valence-corrected chi connectivity index (χ3v) is 6.09. The van der Waals surface area contributed by atoms with Gasteiger partial charge in [0.15, 0.2) is 0 Å². The van der Waals surface area contributed by atoms with Gasteiger partial charge in [0.1, 0.15) is 29.2 Å². The molecule has 11 heteroatoms. The van der Waals surface area contributed by atoms with Crippen molar-refractivity contribution in [2.45, 2.75) is 32.0 Å². The molecule has 1 aliphatic rings. The molecule has 7 nitrogen and oxygen atoms in total. The zero-order chi connectivity index (χ0) is 23.7. The summed E-state index contributed by atoms with van der Waals surface area (Å²) in [5, 5.41) is 0. The largest absolute Gasteiger partial charge is 0.433 e. The molecule has 3 aromatic heterocycles. The summed E-state index contributed by atoms with van der Waals surface area (Å²) in [6.45, 7) is 1.76. The fraction of sp³-hybridized carbons (Fsp3) is 0.273. The van der Waals surface area contributed by atoms with E-state index in [9.17, 15) is 22.4 Å². The smallest absolute Gasteiger partial charge is 0.382 e. The minimum absolute atomic E-state index is 0.183. The Kier molecular flexibility index (Phi) is 4.56. The molecule has 0 radical (unpaired) electrons. The van der Waals surface area contributed by atoms with E-state index in [1.54, 1.807) is 11.3 Å². The second kappa shape index (κ2) is 7.12. The number of alkyl halides is 3. The Labute approximate surface area is 184 Å². The van der Waals surface area contributed by atoms with Crippen LogP contribution in [0.1, 0.15) is 45.5 Å². The molecule has 4 aromatic rings. The van der Waals surface area contributed by atoms with E-state index in [2.05, 4.69) is 15.0 Å². The SMILES string of the molecule is Cc1ncn2c1c(N)nc1cc(F)c(C(=O)N(C)C3CCc4nc(C(F)(F)F)ccc43)cc12. The van der Waals surface area contributed by atoms with Gasteiger partial charge < -0.3 is 10.6 Å². The highest BCUT2D eigenvalue weighted by molar-refractivity contribution is 5.98. The van der Waals surface area contributed by atoms with E-state index in [1.165, 1.54) is 30.4 Å². The van der Waals surface area contributed by atoms with Crippen molar-refractivity contribution in [2.24, 2.45) is 0 Å². The van der Waals surface area contributed by atoms with Gasteiger partial charge in [-0.3, -0.25) is 9.20 Å². The van der Waals surface area contributed by atoms with Gasteiger partial charge in [-0.2, -0.15) is 13.2 Å². The number of nitrogens with zero attached hydrogens (tertiary/aromatic N) is 5. The Morgan fingerprint density at radius 2 is 2.00 bits per heavy atom. The highest BCUT2D eigenvalue weighted by atomic mass is 19.4. The monoisotopic (exact) mass is 458 g/mol. The number of aryl methyl sites for hydroxylation is 2. The lowest BCUT2D eigenvalue weighted by molar-refractivity contribution is -0.141. The lowest BCUT2D eigenvalue weighted by Gasteiger charge is -2.26. The fourth-order valence-electron chi connectivity index (χ4n) is 4.45. The zero-order valence-corrected chi connectivity index (χ0v) is 17.6. The van der Waals surface area contributed by atoms with Crippen LogP contribution in [0.25, 0.3) is 16.6 Å². The summed E-state index contributed by atoms with van der Waals surface area (Å²) in [5.41, 5.74) is 7.59. The van der Waals surface area contributed by atoms with Crippen molar-refractivity contribution in [1.29, 1.82) is 0 Å². The third kappa shape index (κ3) is 3.26. The summed E-state index contributed by atoms with van der Waals surface area (Å²) in [4.78, 5) is 26.8. The highest BCUT2D eigenvalue weighted by Crippen LogP contribution is 2.38. The molecule has 3 heterocycles. The summed E-state index contributed by atoms with van der Waals surface area (Å²) in [6.07, 6.45) is -2.33. The Morgan fingerprint density at radius 1 is 1.24 bits per heavy atom. The number of amides is 1. The molecule has 33 heavy (non-hydrogen) atoms. The summed E-state index contributed by atoms with van der Waals surface area (Å²) in [5.74, 6) is -1.18. The molecule has 0 saturated carbocycles. The van der Waals surface area contributed by atoms with Crippen LogP contribution in [0.5, 0.6) is 0 Å². The Bertz CT molecular complexity index is 1440. The van der Waals surface area contributed by atoms with Crippen molar-refractivity contribution in [3.63, 3.8) is 0 Å². The Balaban J connectivity index is 1.54. The number of benzene rings is 1. The van der Waals surface area contributed by atoms with E-state index >= 15 is 0 Å². The number of fused-ring (bicyclic) bond motifs is 4. The second-order valence-corrected chi connectivity index (χ2v) is 8.07. The summed E-state index contributed by atoms with van der Waals surface area (Å²) in [7, 11) is 1.50. The van der Waals surface area contributed by atoms with Crippen LogP contribution >= 0.6 is 0 Å². The van der Waals surface area contributed by atoms with Crippen LogP contribution in [0.2, 0.25) is 0 Å². The maximum Gasteiger partial charge on any atom is 0.433 e. The first-order valence-corrected chi connectivity index (χ1v) is 10.1. The number of nitrogen functional groups attached to an aromatic ring is 1. The van der Waals surface area contributed by atoms with E-state index in [4.69, 9.17) is 5.73 Å². The number of pyridine rings is 1. The molecule has 1 atom stereocenters. The average Bonchev–Trinajstić information content (AvgIpc) is 3.35. The van der Waals surface area contributed by atoms with Crippen molar-refractivity contribution in [2.75, 3.05) is 12.8 Å². The molecule has 1 aromatic carbocycles. The van der Waals surface area contributed by atoms with Crippen LogP contribution in [0.3, 0.4) is 0 Å². The highest BCUT2D eigenvalue weighted by Gasteiger charge is 2.36. The molecular formula is C22H18F4N6O. The van der Waals surface area contributed by atoms with Crippen molar-refractivity contribution in [3.05, 3.63) is 64.6 Å². The van der Waals surface area contributed by atoms with Crippen LogP contribution in [0.15, 0.2) is 30.6 Å². The van der Waals surface area contributed by atoms with Gasteiger partial charge in [0.05, 0.1) is 28.3 Å². The molecule has 0 saturated heterocycles. The first-order chi connectivity index (χ1) is 15.6. The van der Waals surface area contributed by atoms with Crippen LogP contribution in [0, 0.1) is 12.7 Å². The number of hydrogen-bond acceptors (Lipinski definition) is 5. The van der Waals surface area contributed by atoms with Crippen LogP contribution in [-0.2, 0) is 12.6 Å². The topological polar surface area (TPSA) is 89.4 Å². The molecule has 0 bridgehead atoms. The number of imidazole rings is 1. The number of carbonyl (C=O) groups is 1. The Hall–Kier alpha value is -3.76. The molecule has 170 valence electrons. The number of hydrogen-bond donors (Lipinski definition) is 1.